The first kappa shape index (κ1) is 22.3. The van der Waals surface area contributed by atoms with Crippen molar-refractivity contribution < 1.29 is 19.1 Å². The molecule has 4 heterocycles. The van der Waals surface area contributed by atoms with Gasteiger partial charge in [0.15, 0.2) is 5.01 Å². The van der Waals surface area contributed by atoms with Gasteiger partial charge in [-0.3, -0.25) is 19.5 Å². The molecule has 0 saturated carbocycles. The van der Waals surface area contributed by atoms with E-state index in [2.05, 4.69) is 14.9 Å². The van der Waals surface area contributed by atoms with Crippen LogP contribution in [0.15, 0.2) is 54.3 Å². The van der Waals surface area contributed by atoms with Gasteiger partial charge in [-0.15, -0.1) is 11.3 Å². The summed E-state index contributed by atoms with van der Waals surface area (Å²) in [5.41, 5.74) is 0.633. The maximum Gasteiger partial charge on any atom is 0.282 e. The molecule has 34 heavy (non-hydrogen) atoms. The summed E-state index contributed by atoms with van der Waals surface area (Å²) in [7, 11) is 1.58. The average molecular weight is 480 g/mol. The molecule has 0 bridgehead atoms. The van der Waals surface area contributed by atoms with Gasteiger partial charge in [0.1, 0.15) is 17.2 Å². The molecule has 10 heteroatoms. The van der Waals surface area contributed by atoms with Gasteiger partial charge in [0.2, 0.25) is 0 Å². The number of piperazine rings is 1. The molecule has 0 atom stereocenters. The zero-order chi connectivity index (χ0) is 23.5. The number of hydrogen-bond acceptors (Lipinski definition) is 8. The van der Waals surface area contributed by atoms with Crippen molar-refractivity contribution in [1.29, 1.82) is 0 Å². The number of benzene rings is 1. The van der Waals surface area contributed by atoms with E-state index in [1.165, 1.54) is 11.3 Å². The van der Waals surface area contributed by atoms with Gasteiger partial charge < -0.3 is 19.3 Å². The third-order valence-corrected chi connectivity index (χ3v) is 6.90. The number of ether oxygens (including phenoxy) is 2. The number of carbonyl (C=O) groups excluding carboxylic acids is 2. The second kappa shape index (κ2) is 9.78. The Morgan fingerprint density at radius 2 is 1.68 bits per heavy atom. The summed E-state index contributed by atoms with van der Waals surface area (Å²) in [6.07, 6.45) is 4.88. The lowest BCUT2D eigenvalue weighted by molar-refractivity contribution is 0.00853. The molecule has 1 aromatic carbocycles. The lowest BCUT2D eigenvalue weighted by Gasteiger charge is -2.48. The summed E-state index contributed by atoms with van der Waals surface area (Å²) >= 11 is 1.38. The molecule has 2 aromatic heterocycles. The van der Waals surface area contributed by atoms with Gasteiger partial charge in [0, 0.05) is 68.5 Å². The fraction of sp³-hybridized carbons (Fsp3) is 0.333. The molecule has 0 unspecified atom stereocenters. The third kappa shape index (κ3) is 4.73. The Balaban J connectivity index is 1.09. The van der Waals surface area contributed by atoms with Crippen LogP contribution in [0.2, 0.25) is 0 Å². The van der Waals surface area contributed by atoms with Crippen LogP contribution in [0.25, 0.3) is 0 Å². The van der Waals surface area contributed by atoms with E-state index in [-0.39, 0.29) is 11.8 Å². The normalized spacial score (nSPS) is 16.7. The third-order valence-electron chi connectivity index (χ3n) is 6.14. The average Bonchev–Trinajstić information content (AvgIpc) is 3.39. The maximum atomic E-state index is 12.9. The highest BCUT2D eigenvalue weighted by Crippen LogP contribution is 2.25. The lowest BCUT2D eigenvalue weighted by atomic mass is 10.0. The van der Waals surface area contributed by atoms with E-state index >= 15 is 0 Å². The van der Waals surface area contributed by atoms with Gasteiger partial charge >= 0.3 is 0 Å². The number of hydrogen-bond donors (Lipinski definition) is 0. The van der Waals surface area contributed by atoms with Gasteiger partial charge in [-0.1, -0.05) is 0 Å². The summed E-state index contributed by atoms with van der Waals surface area (Å²) < 4.78 is 11.0. The molecule has 2 aliphatic rings. The SMILES string of the molecule is COc1cncc(Oc2ccc(C(=O)N3CC(N4CCN(C(=O)c5nccs5)CC4)C3)cc2)c1. The Morgan fingerprint density at radius 1 is 0.941 bits per heavy atom. The number of carbonyl (C=O) groups is 2. The van der Waals surface area contributed by atoms with Crippen LogP contribution in [0.5, 0.6) is 17.2 Å². The van der Waals surface area contributed by atoms with Crippen molar-refractivity contribution in [2.75, 3.05) is 46.4 Å². The highest BCUT2D eigenvalue weighted by molar-refractivity contribution is 7.11. The van der Waals surface area contributed by atoms with Crippen molar-refractivity contribution in [3.05, 3.63) is 64.9 Å². The van der Waals surface area contributed by atoms with Crippen molar-refractivity contribution in [3.8, 4) is 17.2 Å². The van der Waals surface area contributed by atoms with Gasteiger partial charge in [0.05, 0.1) is 19.5 Å². The summed E-state index contributed by atoms with van der Waals surface area (Å²) in [4.78, 5) is 39.6. The predicted molar refractivity (Wildman–Crippen MR) is 127 cm³/mol. The van der Waals surface area contributed by atoms with Crippen molar-refractivity contribution in [2.24, 2.45) is 0 Å². The monoisotopic (exact) mass is 479 g/mol. The molecule has 2 fully saturated rings. The van der Waals surface area contributed by atoms with Crippen LogP contribution in [0.4, 0.5) is 0 Å². The standard InChI is InChI=1S/C24H25N5O4S/c1-32-20-12-21(14-25-13-20)33-19-4-2-17(3-5-19)23(30)29-15-18(16-29)27-7-9-28(10-8-27)24(31)22-26-6-11-34-22/h2-6,11-14,18H,7-10,15-16H2,1H3. The van der Waals surface area contributed by atoms with E-state index in [9.17, 15) is 9.59 Å². The van der Waals surface area contributed by atoms with Gasteiger partial charge in [0.25, 0.3) is 11.8 Å². The molecule has 0 aliphatic carbocycles. The second-order valence-electron chi connectivity index (χ2n) is 8.22. The van der Waals surface area contributed by atoms with E-state index in [0.29, 0.717) is 60.0 Å². The van der Waals surface area contributed by atoms with Crippen LogP contribution in [0, 0.1) is 0 Å². The smallest absolute Gasteiger partial charge is 0.282 e. The summed E-state index contributed by atoms with van der Waals surface area (Å²) in [5, 5.41) is 2.37. The van der Waals surface area contributed by atoms with Crippen LogP contribution in [0.1, 0.15) is 20.2 Å². The van der Waals surface area contributed by atoms with Crippen LogP contribution in [-0.2, 0) is 0 Å². The number of aromatic nitrogens is 2. The van der Waals surface area contributed by atoms with E-state index in [1.807, 2.05) is 15.2 Å². The molecular weight excluding hydrogens is 454 g/mol. The Labute approximate surface area is 201 Å². The van der Waals surface area contributed by atoms with Crippen molar-refractivity contribution in [2.45, 2.75) is 6.04 Å². The van der Waals surface area contributed by atoms with Crippen molar-refractivity contribution in [3.63, 3.8) is 0 Å². The fourth-order valence-electron chi connectivity index (χ4n) is 4.16. The van der Waals surface area contributed by atoms with Crippen molar-refractivity contribution >= 4 is 23.2 Å². The number of amides is 2. The number of nitrogens with zero attached hydrogens (tertiary/aromatic N) is 5. The predicted octanol–water partition coefficient (Wildman–Crippen LogP) is 2.62. The number of rotatable bonds is 6. The number of likely N-dealkylation sites (tertiary alicyclic amines) is 1. The highest BCUT2D eigenvalue weighted by Gasteiger charge is 2.37. The number of thiazole rings is 1. The van der Waals surface area contributed by atoms with Crippen LogP contribution in [0.3, 0.4) is 0 Å². The molecular formula is C24H25N5O4S. The molecule has 2 aliphatic heterocycles. The molecule has 0 radical (unpaired) electrons. The largest absolute Gasteiger partial charge is 0.495 e. The first-order chi connectivity index (χ1) is 16.6. The molecule has 2 amide bonds. The molecule has 3 aromatic rings. The van der Waals surface area contributed by atoms with Gasteiger partial charge in [-0.2, -0.15) is 0 Å². The van der Waals surface area contributed by atoms with Crippen LogP contribution < -0.4 is 9.47 Å². The van der Waals surface area contributed by atoms with Gasteiger partial charge in [-0.25, -0.2) is 4.98 Å². The van der Waals surface area contributed by atoms with E-state index in [0.717, 1.165) is 13.1 Å². The molecule has 9 nitrogen and oxygen atoms in total. The van der Waals surface area contributed by atoms with Crippen LogP contribution >= 0.6 is 11.3 Å². The Bertz CT molecular complexity index is 1140. The zero-order valence-corrected chi connectivity index (χ0v) is 19.6. The summed E-state index contributed by atoms with van der Waals surface area (Å²) in [6, 6.07) is 9.21. The topological polar surface area (TPSA) is 88.1 Å². The number of methoxy groups -OCH3 is 1. The molecule has 0 N–H and O–H groups in total. The Morgan fingerprint density at radius 3 is 2.35 bits per heavy atom. The minimum Gasteiger partial charge on any atom is -0.495 e. The fourth-order valence-corrected chi connectivity index (χ4v) is 4.76. The van der Waals surface area contributed by atoms with Gasteiger partial charge in [-0.05, 0) is 24.3 Å². The molecule has 0 spiro atoms. The van der Waals surface area contributed by atoms with E-state index in [1.54, 1.807) is 56.0 Å². The highest BCUT2D eigenvalue weighted by atomic mass is 32.1. The first-order valence-corrected chi connectivity index (χ1v) is 12.0. The van der Waals surface area contributed by atoms with E-state index in [4.69, 9.17) is 9.47 Å². The zero-order valence-electron chi connectivity index (χ0n) is 18.8. The van der Waals surface area contributed by atoms with Crippen molar-refractivity contribution in [1.82, 2.24) is 24.7 Å². The second-order valence-corrected chi connectivity index (χ2v) is 9.11. The summed E-state index contributed by atoms with van der Waals surface area (Å²) in [6.45, 7) is 4.41. The first-order valence-electron chi connectivity index (χ1n) is 11.1. The molecule has 2 saturated heterocycles. The molecule has 176 valence electrons. The minimum absolute atomic E-state index is 0.00940. The Hall–Kier alpha value is -3.50. The molecule has 5 rings (SSSR count). The maximum absolute atomic E-state index is 12.9. The minimum atomic E-state index is 0.00940. The number of pyridine rings is 1. The lowest BCUT2D eigenvalue weighted by Crippen LogP contribution is -2.64. The summed E-state index contributed by atoms with van der Waals surface area (Å²) in [5.74, 6) is 1.83. The Kier molecular flexibility index (Phi) is 6.41. The van der Waals surface area contributed by atoms with Crippen LogP contribution in [-0.4, -0.2) is 88.9 Å². The quantitative estimate of drug-likeness (QED) is 0.537. The van der Waals surface area contributed by atoms with E-state index < -0.39 is 0 Å².